The standard InChI is InChI=1S/C23H27FN4O2.C22H21FN4O2S.C21H20FN5O3/c1-23(2,3)16-7-9-28(13-16)22(30)26-12-15-5-4-14(10-19(15)24)17-6-8-25-21-18(17)11-20(29)27-21;1-22(2,3)21-26-17(11-30-21)20(29)25-10-13-5-4-12(8-16(13)23)14-6-7-24-19-15(14)9-18(28)27-19;1-21(2,3)20-27-26-19(30-20)18(29)24-10-12-5-4-11(8-15(12)22)13-6-7-23-17-14(13)9-16(28)25-17/h4-6,8,10,16H,7,9,11-13H2,1-3H3,(H,26,30)(H,25,27,29);4-8,11H,9-10H2,1-3H3,(H,25,29)(H,24,27,28);4-8H,9-10H2,1-3H3,(H,24,29)(H,23,25,28). The maximum Gasteiger partial charge on any atom is 0.317 e. The summed E-state index contributed by atoms with van der Waals surface area (Å²) in [5.41, 5.74) is 7.69. The third-order valence-electron chi connectivity index (χ3n) is 15.7. The van der Waals surface area contributed by atoms with E-state index in [0.717, 1.165) is 57.9 Å². The summed E-state index contributed by atoms with van der Waals surface area (Å²) in [6.07, 6.45) is 6.43. The number of urea groups is 1. The lowest BCUT2D eigenvalue weighted by Crippen LogP contribution is -2.39. The van der Waals surface area contributed by atoms with Crippen molar-refractivity contribution in [2.24, 2.45) is 11.3 Å². The van der Waals surface area contributed by atoms with Crippen LogP contribution in [0.5, 0.6) is 0 Å². The zero-order chi connectivity index (χ0) is 64.4. The van der Waals surface area contributed by atoms with Gasteiger partial charge in [0.2, 0.25) is 23.6 Å². The van der Waals surface area contributed by atoms with E-state index in [1.54, 1.807) is 72.5 Å². The van der Waals surface area contributed by atoms with E-state index in [1.165, 1.54) is 29.5 Å². The number of pyridine rings is 3. The first-order chi connectivity index (χ1) is 42.7. The molecule has 4 aliphatic heterocycles. The first-order valence-corrected chi connectivity index (χ1v) is 30.1. The van der Waals surface area contributed by atoms with Crippen LogP contribution in [0.4, 0.5) is 35.4 Å². The fourth-order valence-corrected chi connectivity index (χ4v) is 11.4. The van der Waals surface area contributed by atoms with Gasteiger partial charge in [-0.1, -0.05) is 98.7 Å². The first kappa shape index (κ1) is 63.3. The van der Waals surface area contributed by atoms with Crippen molar-refractivity contribution in [3.05, 3.63) is 170 Å². The Morgan fingerprint density at radius 1 is 0.589 bits per heavy atom. The molecular weight excluding hydrogens is 1180 g/mol. The van der Waals surface area contributed by atoms with E-state index in [2.05, 4.69) is 82.8 Å². The minimum atomic E-state index is -0.571. The Kier molecular flexibility index (Phi) is 18.1. The smallest absolute Gasteiger partial charge is 0.317 e. The Morgan fingerprint density at radius 2 is 1.02 bits per heavy atom. The van der Waals surface area contributed by atoms with Gasteiger partial charge in [-0.15, -0.1) is 21.5 Å². The van der Waals surface area contributed by atoms with Gasteiger partial charge in [0, 0.05) is 101 Å². The minimum Gasteiger partial charge on any atom is -0.416 e. The van der Waals surface area contributed by atoms with E-state index < -0.39 is 17.5 Å². The summed E-state index contributed by atoms with van der Waals surface area (Å²) in [4.78, 5) is 90.7. The predicted molar refractivity (Wildman–Crippen MR) is 333 cm³/mol. The van der Waals surface area contributed by atoms with Crippen LogP contribution in [0.15, 0.2) is 101 Å². The summed E-state index contributed by atoms with van der Waals surface area (Å²) >= 11 is 1.44. The van der Waals surface area contributed by atoms with Gasteiger partial charge in [0.15, 0.2) is 0 Å². The summed E-state index contributed by atoms with van der Waals surface area (Å²) < 4.78 is 49.5. The molecule has 1 atom stereocenters. The lowest BCUT2D eigenvalue weighted by Gasteiger charge is -2.27. The molecule has 3 aromatic carbocycles. The summed E-state index contributed by atoms with van der Waals surface area (Å²) in [5, 5.41) is 26.5. The number of carbonyl (C=O) groups excluding carboxylic acids is 6. The van der Waals surface area contributed by atoms with Crippen LogP contribution < -0.4 is 31.9 Å². The van der Waals surface area contributed by atoms with Gasteiger partial charge in [-0.2, -0.15) is 0 Å². The highest BCUT2D eigenvalue weighted by molar-refractivity contribution is 7.10. The predicted octanol–water partition coefficient (Wildman–Crippen LogP) is 11.0. The lowest BCUT2D eigenvalue weighted by molar-refractivity contribution is -0.115. The summed E-state index contributed by atoms with van der Waals surface area (Å²) in [5.74, 6) is -0.346. The lowest BCUT2D eigenvalue weighted by atomic mass is 9.80. The number of likely N-dealkylation sites (tertiary alicyclic amines) is 1. The van der Waals surface area contributed by atoms with E-state index in [4.69, 9.17) is 4.42 Å². The molecule has 1 fully saturated rings. The Bertz CT molecular complexity index is 3950. The second-order valence-electron chi connectivity index (χ2n) is 25.4. The van der Waals surface area contributed by atoms with Gasteiger partial charge in [0.05, 0.1) is 24.3 Å². The second-order valence-corrected chi connectivity index (χ2v) is 26.3. The third-order valence-corrected chi connectivity index (χ3v) is 17.0. The molecular formula is C66H68F3N13O7S. The van der Waals surface area contributed by atoms with Crippen molar-refractivity contribution in [3.8, 4) is 33.4 Å². The van der Waals surface area contributed by atoms with Crippen molar-refractivity contribution in [2.75, 3.05) is 29.0 Å². The van der Waals surface area contributed by atoms with Gasteiger partial charge in [-0.3, -0.25) is 24.0 Å². The molecule has 6 N–H and O–H groups in total. The summed E-state index contributed by atoms with van der Waals surface area (Å²) in [6.45, 7) is 20.0. The number of nitrogens with one attached hydrogen (secondary N) is 6. The minimum absolute atomic E-state index is 0.0350. The molecule has 7 amide bonds. The SMILES string of the molecule is CC(C)(C)C1CCN(C(=O)NCc2ccc(-c3ccnc4c3CC(=O)N4)cc2F)C1.CC(C)(C)c1nc(C(=O)NCc2ccc(-c3ccnc4c3CC(=O)N4)cc2F)cs1.CC(C)(C)c1nnc(C(=O)NCc2ccc(-c3ccnc4c3CC(=O)N4)cc2F)o1. The molecule has 5 aromatic heterocycles. The van der Waals surface area contributed by atoms with Crippen LogP contribution in [-0.2, 0) is 64.1 Å². The van der Waals surface area contributed by atoms with Crippen molar-refractivity contribution in [3.63, 3.8) is 0 Å². The first-order valence-electron chi connectivity index (χ1n) is 29.3. The number of hydrogen-bond donors (Lipinski definition) is 6. The number of fused-ring (bicyclic) bond motifs is 3. The molecule has 1 unspecified atom stereocenters. The summed E-state index contributed by atoms with van der Waals surface area (Å²) in [7, 11) is 0. The number of hydrogen-bond acceptors (Lipinski definition) is 14. The van der Waals surface area contributed by atoms with Crippen LogP contribution in [0.3, 0.4) is 0 Å². The van der Waals surface area contributed by atoms with E-state index in [9.17, 15) is 41.9 Å². The molecule has 4 aliphatic rings. The third kappa shape index (κ3) is 14.5. The van der Waals surface area contributed by atoms with Gasteiger partial charge in [-0.05, 0) is 87.5 Å². The Morgan fingerprint density at radius 3 is 1.40 bits per heavy atom. The average Bonchev–Trinajstić information content (AvgIpc) is 2.82. The number of rotatable bonds is 11. The van der Waals surface area contributed by atoms with Crippen LogP contribution in [0.2, 0.25) is 0 Å². The van der Waals surface area contributed by atoms with Crippen LogP contribution >= 0.6 is 11.3 Å². The maximum atomic E-state index is 14.7. The zero-order valence-corrected chi connectivity index (χ0v) is 52.0. The van der Waals surface area contributed by atoms with Gasteiger partial charge in [-0.25, -0.2) is 37.9 Å². The van der Waals surface area contributed by atoms with Gasteiger partial charge in [0.25, 0.3) is 5.91 Å². The number of nitrogens with zero attached hydrogens (tertiary/aromatic N) is 7. The van der Waals surface area contributed by atoms with E-state index in [1.807, 2.05) is 52.5 Å². The van der Waals surface area contributed by atoms with Crippen molar-refractivity contribution < 1.29 is 46.4 Å². The maximum absolute atomic E-state index is 14.7. The molecule has 466 valence electrons. The van der Waals surface area contributed by atoms with E-state index >= 15 is 0 Å². The number of halogens is 3. The van der Waals surface area contributed by atoms with Crippen LogP contribution in [0.25, 0.3) is 33.4 Å². The number of thiazole rings is 1. The number of carbonyl (C=O) groups is 6. The molecule has 0 radical (unpaired) electrons. The van der Waals surface area contributed by atoms with Crippen molar-refractivity contribution >= 4 is 64.4 Å². The highest BCUT2D eigenvalue weighted by Crippen LogP contribution is 2.37. The van der Waals surface area contributed by atoms with Gasteiger partial charge in [0.1, 0.15) is 40.6 Å². The van der Waals surface area contributed by atoms with Crippen molar-refractivity contribution in [2.45, 2.75) is 118 Å². The number of amides is 7. The van der Waals surface area contributed by atoms with Crippen LogP contribution in [0.1, 0.15) is 134 Å². The molecule has 1 saturated heterocycles. The van der Waals surface area contributed by atoms with Crippen molar-refractivity contribution in [1.29, 1.82) is 0 Å². The largest absolute Gasteiger partial charge is 0.416 e. The zero-order valence-electron chi connectivity index (χ0n) is 51.2. The molecule has 0 aliphatic carbocycles. The Balaban J connectivity index is 0.000000148. The molecule has 90 heavy (non-hydrogen) atoms. The number of anilines is 3. The molecule has 0 saturated carbocycles. The molecule has 0 spiro atoms. The highest BCUT2D eigenvalue weighted by atomic mass is 32.1. The number of aromatic nitrogens is 6. The van der Waals surface area contributed by atoms with Gasteiger partial charge >= 0.3 is 17.8 Å². The van der Waals surface area contributed by atoms with Crippen LogP contribution in [0, 0.1) is 28.8 Å². The summed E-state index contributed by atoms with van der Waals surface area (Å²) in [6, 6.07) is 19.7. The van der Waals surface area contributed by atoms with E-state index in [0.29, 0.717) is 68.3 Å². The Labute approximate surface area is 521 Å². The molecule has 0 bridgehead atoms. The van der Waals surface area contributed by atoms with E-state index in [-0.39, 0.29) is 96.5 Å². The molecule has 24 heteroatoms. The quantitative estimate of drug-likeness (QED) is 0.0704. The molecule has 9 heterocycles. The highest BCUT2D eigenvalue weighted by Gasteiger charge is 2.34. The second kappa shape index (κ2) is 25.8. The molecule has 8 aromatic rings. The molecule has 12 rings (SSSR count). The molecule has 20 nitrogen and oxygen atoms in total. The topological polar surface area (TPSA) is 268 Å². The Hall–Kier alpha value is -9.71. The fraction of sp³-hybridized carbons (Fsp3) is 0.333. The van der Waals surface area contributed by atoms with Crippen molar-refractivity contribution in [1.82, 2.24) is 51.0 Å². The normalized spacial score (nSPS) is 14.9. The monoisotopic (exact) mass is 1240 g/mol. The fourth-order valence-electron chi connectivity index (χ4n) is 10.5. The van der Waals surface area contributed by atoms with Gasteiger partial charge < -0.3 is 41.2 Å². The number of benzene rings is 3. The van der Waals surface area contributed by atoms with Crippen LogP contribution in [-0.4, -0.2) is 83.7 Å². The average molecular weight is 1240 g/mol.